The van der Waals surface area contributed by atoms with Crippen molar-refractivity contribution in [2.24, 2.45) is 23.2 Å². The Bertz CT molecular complexity index is 2220. The van der Waals surface area contributed by atoms with Gasteiger partial charge in [0, 0.05) is 24.3 Å². The monoisotopic (exact) mass is 866 g/mol. The molecule has 20 heteroatoms. The number of ether oxygens (including phenoxy) is 3. The van der Waals surface area contributed by atoms with E-state index >= 15 is 8.78 Å². The predicted molar refractivity (Wildman–Crippen MR) is 206 cm³/mol. The molecular weight excluding hydrogens is 817 g/mol. The van der Waals surface area contributed by atoms with Crippen LogP contribution in [0.15, 0.2) is 30.4 Å². The number of hydrogen-bond donors (Lipinski definition) is 3. The molecule has 60 heavy (non-hydrogen) atoms. The molecule has 4 amide bonds. The lowest BCUT2D eigenvalue weighted by Gasteiger charge is -2.36. The molecule has 1 aromatic heterocycles. The first-order valence-electron chi connectivity index (χ1n) is 20.1. The summed E-state index contributed by atoms with van der Waals surface area (Å²) in [5.74, 6) is -10.2. The molecule has 0 spiro atoms. The molecule has 0 unspecified atom stereocenters. The summed E-state index contributed by atoms with van der Waals surface area (Å²) in [6.07, 6.45) is -3.09. The van der Waals surface area contributed by atoms with Crippen molar-refractivity contribution in [3.8, 4) is 11.6 Å². The summed E-state index contributed by atoms with van der Waals surface area (Å²) in [5.41, 5.74) is -3.92. The smallest absolute Gasteiger partial charge is 0.408 e. The van der Waals surface area contributed by atoms with Gasteiger partial charge in [-0.2, -0.15) is 8.78 Å². The SMILES string of the molecule is CC[C@@H]1[C@@H]2CN(C(=O)[C@H](C(C)(C)C)NC(=O)O[C@@H]3C[C@H]3/C=C/CCC(F)(F)c3nc4ccc(OC)cc4nc3O2)[C@@H]1C(=O)N[C@]1(C(=O)NS(=O)(=O)C2(C)CC2)C[C@H]1C(F)F. The molecule has 1 aromatic carbocycles. The third-order valence-electron chi connectivity index (χ3n) is 12.4. The molecule has 4 fully saturated rings. The Kier molecular flexibility index (Phi) is 11.1. The molecule has 3 aliphatic carbocycles. The van der Waals surface area contributed by atoms with Gasteiger partial charge in [-0.25, -0.2) is 32.0 Å². The number of amides is 4. The number of carbonyl (C=O) groups excluding carboxylic acids is 4. The lowest BCUT2D eigenvalue weighted by molar-refractivity contribution is -0.144. The zero-order valence-electron chi connectivity index (χ0n) is 34.1. The Morgan fingerprint density at radius 3 is 2.42 bits per heavy atom. The molecule has 2 bridgehead atoms. The first-order chi connectivity index (χ1) is 28.0. The number of carbonyl (C=O) groups is 4. The van der Waals surface area contributed by atoms with E-state index in [9.17, 15) is 36.4 Å². The highest BCUT2D eigenvalue weighted by Gasteiger charge is 2.68. The van der Waals surface area contributed by atoms with E-state index < -0.39 is 129 Å². The first-order valence-corrected chi connectivity index (χ1v) is 21.5. The number of rotatable bonds is 8. The number of nitrogens with one attached hydrogen (secondary N) is 3. The van der Waals surface area contributed by atoms with Crippen LogP contribution in [0.2, 0.25) is 0 Å². The summed E-state index contributed by atoms with van der Waals surface area (Å²) >= 11 is 0. The highest BCUT2D eigenvalue weighted by molar-refractivity contribution is 7.91. The van der Waals surface area contributed by atoms with Crippen LogP contribution >= 0.6 is 0 Å². The molecular formula is C40H50F4N6O9S. The number of alkyl carbamates (subject to hydrolysis) is 1. The third kappa shape index (κ3) is 8.19. The Morgan fingerprint density at radius 2 is 1.80 bits per heavy atom. The van der Waals surface area contributed by atoms with Crippen LogP contribution in [0.5, 0.6) is 11.6 Å². The number of sulfonamides is 1. The van der Waals surface area contributed by atoms with Gasteiger partial charge in [-0.1, -0.05) is 39.8 Å². The van der Waals surface area contributed by atoms with Crippen molar-refractivity contribution in [1.82, 2.24) is 30.2 Å². The van der Waals surface area contributed by atoms with E-state index in [-0.39, 0.29) is 42.6 Å². The van der Waals surface area contributed by atoms with Crippen LogP contribution in [-0.4, -0.2) is 102 Å². The Balaban J connectivity index is 1.31. The normalized spacial score (nSPS) is 31.6. The van der Waals surface area contributed by atoms with Gasteiger partial charge < -0.3 is 29.7 Å². The molecule has 7 rings (SSSR count). The van der Waals surface area contributed by atoms with Crippen LogP contribution in [0.4, 0.5) is 22.4 Å². The van der Waals surface area contributed by atoms with E-state index in [0.29, 0.717) is 12.2 Å². The van der Waals surface area contributed by atoms with Crippen LogP contribution < -0.4 is 24.8 Å². The van der Waals surface area contributed by atoms with E-state index in [4.69, 9.17) is 14.2 Å². The predicted octanol–water partition coefficient (Wildman–Crippen LogP) is 4.73. The fourth-order valence-corrected chi connectivity index (χ4v) is 9.39. The van der Waals surface area contributed by atoms with Crippen molar-refractivity contribution < 1.29 is 59.4 Å². The van der Waals surface area contributed by atoms with Gasteiger partial charge in [0.05, 0.1) is 35.4 Å². The van der Waals surface area contributed by atoms with E-state index in [1.165, 1.54) is 32.2 Å². The minimum Gasteiger partial charge on any atom is -0.497 e. The maximum atomic E-state index is 16.3. The number of fused-ring (bicyclic) bond motifs is 5. The highest BCUT2D eigenvalue weighted by atomic mass is 32.2. The second kappa shape index (κ2) is 15.3. The fourth-order valence-electron chi connectivity index (χ4n) is 8.07. The van der Waals surface area contributed by atoms with E-state index in [1.807, 2.05) is 4.72 Å². The molecule has 1 saturated heterocycles. The summed E-state index contributed by atoms with van der Waals surface area (Å²) in [6, 6.07) is 1.52. The Labute approximate surface area is 344 Å². The summed E-state index contributed by atoms with van der Waals surface area (Å²) in [4.78, 5) is 66.2. The van der Waals surface area contributed by atoms with Crippen molar-refractivity contribution in [2.75, 3.05) is 13.7 Å². The van der Waals surface area contributed by atoms with Gasteiger partial charge >= 0.3 is 6.09 Å². The van der Waals surface area contributed by atoms with Gasteiger partial charge in [-0.05, 0) is 63.0 Å². The number of hydrogen-bond acceptors (Lipinski definition) is 11. The molecule has 3 heterocycles. The summed E-state index contributed by atoms with van der Waals surface area (Å²) in [5, 5.41) is 5.03. The highest BCUT2D eigenvalue weighted by Crippen LogP contribution is 2.50. The number of nitrogens with zero attached hydrogens (tertiary/aromatic N) is 3. The molecule has 328 valence electrons. The zero-order valence-corrected chi connectivity index (χ0v) is 34.9. The average Bonchev–Trinajstić information content (AvgIpc) is 4.12. The third-order valence-corrected chi connectivity index (χ3v) is 14.5. The number of allylic oxidation sites excluding steroid dienone is 1. The van der Waals surface area contributed by atoms with Crippen molar-refractivity contribution in [1.29, 1.82) is 0 Å². The van der Waals surface area contributed by atoms with Crippen LogP contribution in [0.3, 0.4) is 0 Å². The maximum Gasteiger partial charge on any atom is 0.408 e. The largest absolute Gasteiger partial charge is 0.497 e. The summed E-state index contributed by atoms with van der Waals surface area (Å²) < 4.78 is 105. The summed E-state index contributed by atoms with van der Waals surface area (Å²) in [7, 11) is -2.90. The lowest BCUT2D eigenvalue weighted by Crippen LogP contribution is -2.61. The number of benzene rings is 1. The molecule has 3 saturated carbocycles. The van der Waals surface area contributed by atoms with Gasteiger partial charge in [-0.3, -0.25) is 19.1 Å². The molecule has 3 N–H and O–H groups in total. The second-order valence-electron chi connectivity index (χ2n) is 17.8. The topological polar surface area (TPSA) is 195 Å². The summed E-state index contributed by atoms with van der Waals surface area (Å²) in [6.45, 7) is 7.57. The minimum atomic E-state index is -4.32. The quantitative estimate of drug-likeness (QED) is 0.245. The fraction of sp³-hybridized carbons (Fsp3) is 0.650. The van der Waals surface area contributed by atoms with Crippen molar-refractivity contribution >= 4 is 44.9 Å². The van der Waals surface area contributed by atoms with E-state index in [2.05, 4.69) is 20.6 Å². The maximum absolute atomic E-state index is 16.3. The van der Waals surface area contributed by atoms with Crippen LogP contribution in [-0.2, 0) is 35.1 Å². The molecule has 15 nitrogen and oxygen atoms in total. The number of alkyl halides is 4. The average molecular weight is 867 g/mol. The van der Waals surface area contributed by atoms with Crippen LogP contribution in [0.1, 0.15) is 85.3 Å². The Hall–Kier alpha value is -4.75. The van der Waals surface area contributed by atoms with E-state index in [1.54, 1.807) is 39.8 Å². The van der Waals surface area contributed by atoms with Gasteiger partial charge in [-0.15, -0.1) is 0 Å². The van der Waals surface area contributed by atoms with Crippen molar-refractivity contribution in [2.45, 2.75) is 126 Å². The van der Waals surface area contributed by atoms with Gasteiger partial charge in [0.25, 0.3) is 11.8 Å². The van der Waals surface area contributed by atoms with Gasteiger partial charge in [0.15, 0.2) is 5.69 Å². The zero-order chi connectivity index (χ0) is 43.7. The molecule has 8 atom stereocenters. The van der Waals surface area contributed by atoms with Gasteiger partial charge in [0.2, 0.25) is 34.1 Å². The standard InChI is InChI=1S/C40H50F4N6O9S/c1-7-22-27-19-50(28(22)32(51)48-39(18-23(39)31(41)42)35(53)49-60(55,56)38(5)14-15-38)34(52)30(37(2,3)4)47-36(54)59-26-16-20(26)10-8-9-13-40(43,44)29-33(58-27)46-25-17-21(57-6)11-12-24(25)45-29/h8,10-12,17,20,22-23,26-28,30-31H,7,9,13-16,18-19H2,1-6H3,(H,47,54)(H,48,51)(H,49,53)/b10-8+/t20-,22-,23+,26-,27+,28+,30-,39-/m1/s1. The Morgan fingerprint density at radius 1 is 1.08 bits per heavy atom. The van der Waals surface area contributed by atoms with Crippen molar-refractivity contribution in [3.63, 3.8) is 0 Å². The number of methoxy groups -OCH3 is 1. The second-order valence-corrected chi connectivity index (χ2v) is 20.0. The van der Waals surface area contributed by atoms with E-state index in [0.717, 1.165) is 4.90 Å². The molecule has 5 aliphatic rings. The number of aromatic nitrogens is 2. The minimum absolute atomic E-state index is 0.0425. The molecule has 2 aliphatic heterocycles. The number of halogens is 4. The van der Waals surface area contributed by atoms with Crippen LogP contribution in [0.25, 0.3) is 11.0 Å². The molecule has 0 radical (unpaired) electrons. The van der Waals surface area contributed by atoms with Gasteiger partial charge in [0.1, 0.15) is 35.6 Å². The lowest BCUT2D eigenvalue weighted by atomic mass is 9.85. The first kappa shape index (κ1) is 43.3. The van der Waals surface area contributed by atoms with Crippen molar-refractivity contribution in [3.05, 3.63) is 36.0 Å². The van der Waals surface area contributed by atoms with Crippen LogP contribution in [0, 0.1) is 23.2 Å². The molecule has 2 aromatic rings.